The van der Waals surface area contributed by atoms with E-state index < -0.39 is 0 Å². The lowest BCUT2D eigenvalue weighted by atomic mass is 10.0. The van der Waals surface area contributed by atoms with Crippen LogP contribution in [0.15, 0.2) is 42.5 Å². The van der Waals surface area contributed by atoms with Crippen molar-refractivity contribution in [3.8, 4) is 17.2 Å². The van der Waals surface area contributed by atoms with Gasteiger partial charge in [-0.3, -0.25) is 0 Å². The summed E-state index contributed by atoms with van der Waals surface area (Å²) in [5, 5.41) is 9.72. The molecule has 0 aliphatic rings. The lowest BCUT2D eigenvalue weighted by molar-refractivity contribution is 0.373. The zero-order chi connectivity index (χ0) is 13.7. The molecule has 0 aliphatic heterocycles. The molecule has 0 spiro atoms. The van der Waals surface area contributed by atoms with Gasteiger partial charge in [0.15, 0.2) is 11.5 Å². The second-order valence-electron chi connectivity index (χ2n) is 4.35. The highest BCUT2D eigenvalue weighted by molar-refractivity contribution is 5.42. The normalized spacial score (nSPS) is 10.2. The summed E-state index contributed by atoms with van der Waals surface area (Å²) in [6, 6.07) is 13.6. The van der Waals surface area contributed by atoms with Crippen molar-refractivity contribution in [2.24, 2.45) is 0 Å². The first-order valence-electron chi connectivity index (χ1n) is 6.21. The first-order valence-corrected chi connectivity index (χ1v) is 6.21. The van der Waals surface area contributed by atoms with Crippen LogP contribution in [0.3, 0.4) is 0 Å². The largest absolute Gasteiger partial charge is 0.504 e. The number of phenolic OH excluding ortho intramolecular Hbond substituents is 1. The topological polar surface area (TPSA) is 38.7 Å². The van der Waals surface area contributed by atoms with Gasteiger partial charge in [-0.25, -0.2) is 0 Å². The molecule has 0 saturated heterocycles. The van der Waals surface area contributed by atoms with E-state index in [-0.39, 0.29) is 5.75 Å². The third kappa shape index (κ3) is 3.41. The average Bonchev–Trinajstić information content (AvgIpc) is 2.46. The molecule has 0 atom stereocenters. The number of methoxy groups -OCH3 is 2. The molecule has 2 aromatic carbocycles. The van der Waals surface area contributed by atoms with Crippen molar-refractivity contribution >= 4 is 0 Å². The van der Waals surface area contributed by atoms with E-state index in [1.165, 1.54) is 5.56 Å². The minimum Gasteiger partial charge on any atom is -0.504 e. The zero-order valence-electron chi connectivity index (χ0n) is 11.2. The minimum absolute atomic E-state index is 0.190. The molecule has 0 heterocycles. The summed E-state index contributed by atoms with van der Waals surface area (Å²) in [5.74, 6) is 1.56. The fourth-order valence-corrected chi connectivity index (χ4v) is 1.97. The maximum absolute atomic E-state index is 9.72. The predicted molar refractivity (Wildman–Crippen MR) is 75.1 cm³/mol. The Morgan fingerprint density at radius 3 is 2.05 bits per heavy atom. The fraction of sp³-hybridized carbons (Fsp3) is 0.250. The standard InChI is InChI=1S/C16H18O3/c1-18-14-8-5-12(6-9-14)3-4-13-7-10-16(19-2)15(17)11-13/h5-11,17H,3-4H2,1-2H3. The molecular weight excluding hydrogens is 240 g/mol. The monoisotopic (exact) mass is 258 g/mol. The third-order valence-corrected chi connectivity index (χ3v) is 3.10. The quantitative estimate of drug-likeness (QED) is 0.895. The van der Waals surface area contributed by atoms with Crippen LogP contribution in [-0.2, 0) is 12.8 Å². The number of aromatic hydroxyl groups is 1. The Labute approximate surface area is 113 Å². The SMILES string of the molecule is COc1ccc(CCc2ccc(OC)c(O)c2)cc1. The molecule has 0 aromatic heterocycles. The van der Waals surface area contributed by atoms with Crippen molar-refractivity contribution in [3.63, 3.8) is 0 Å². The molecule has 3 heteroatoms. The molecule has 0 fully saturated rings. The molecule has 0 bridgehead atoms. The molecule has 2 rings (SSSR count). The number of hydrogen-bond acceptors (Lipinski definition) is 3. The fourth-order valence-electron chi connectivity index (χ4n) is 1.97. The van der Waals surface area contributed by atoms with E-state index in [4.69, 9.17) is 9.47 Å². The van der Waals surface area contributed by atoms with E-state index in [9.17, 15) is 5.11 Å². The number of aryl methyl sites for hydroxylation is 2. The summed E-state index contributed by atoms with van der Waals surface area (Å²) in [7, 11) is 3.21. The smallest absolute Gasteiger partial charge is 0.160 e. The van der Waals surface area contributed by atoms with E-state index >= 15 is 0 Å². The van der Waals surface area contributed by atoms with E-state index in [1.807, 2.05) is 18.2 Å². The van der Waals surface area contributed by atoms with Crippen LogP contribution in [0.2, 0.25) is 0 Å². The first-order chi connectivity index (χ1) is 9.22. The van der Waals surface area contributed by atoms with Gasteiger partial charge in [0.2, 0.25) is 0 Å². The maximum atomic E-state index is 9.72. The van der Waals surface area contributed by atoms with Gasteiger partial charge in [-0.15, -0.1) is 0 Å². The number of rotatable bonds is 5. The van der Waals surface area contributed by atoms with Gasteiger partial charge in [-0.2, -0.15) is 0 Å². The lowest BCUT2D eigenvalue weighted by Crippen LogP contribution is -1.92. The second-order valence-corrected chi connectivity index (χ2v) is 4.35. The molecule has 19 heavy (non-hydrogen) atoms. The highest BCUT2D eigenvalue weighted by atomic mass is 16.5. The van der Waals surface area contributed by atoms with Gasteiger partial charge in [0.25, 0.3) is 0 Å². The van der Waals surface area contributed by atoms with Crippen LogP contribution in [0.1, 0.15) is 11.1 Å². The van der Waals surface area contributed by atoms with Crippen molar-refractivity contribution < 1.29 is 14.6 Å². The van der Waals surface area contributed by atoms with Crippen molar-refractivity contribution in [2.75, 3.05) is 14.2 Å². The highest BCUT2D eigenvalue weighted by Gasteiger charge is 2.03. The Morgan fingerprint density at radius 2 is 1.47 bits per heavy atom. The van der Waals surface area contributed by atoms with Gasteiger partial charge in [0.1, 0.15) is 5.75 Å². The Morgan fingerprint density at radius 1 is 0.842 bits per heavy atom. The molecule has 0 amide bonds. The Kier molecular flexibility index (Phi) is 4.29. The lowest BCUT2D eigenvalue weighted by Gasteiger charge is -2.07. The molecule has 0 saturated carbocycles. The van der Waals surface area contributed by atoms with Crippen molar-refractivity contribution in [1.29, 1.82) is 0 Å². The summed E-state index contributed by atoms with van der Waals surface area (Å²) in [4.78, 5) is 0. The number of ether oxygens (including phenoxy) is 2. The third-order valence-electron chi connectivity index (χ3n) is 3.10. The minimum atomic E-state index is 0.190. The Bertz CT molecular complexity index is 532. The summed E-state index contributed by atoms with van der Waals surface area (Å²) < 4.78 is 10.2. The van der Waals surface area contributed by atoms with Crippen LogP contribution >= 0.6 is 0 Å². The van der Waals surface area contributed by atoms with Crippen LogP contribution in [0.25, 0.3) is 0 Å². The van der Waals surface area contributed by atoms with Gasteiger partial charge >= 0.3 is 0 Å². The van der Waals surface area contributed by atoms with Gasteiger partial charge < -0.3 is 14.6 Å². The molecule has 1 N–H and O–H groups in total. The maximum Gasteiger partial charge on any atom is 0.160 e. The summed E-state index contributed by atoms with van der Waals surface area (Å²) in [6.07, 6.45) is 1.81. The average molecular weight is 258 g/mol. The van der Waals surface area contributed by atoms with Gasteiger partial charge in [-0.1, -0.05) is 18.2 Å². The molecule has 2 aromatic rings. The van der Waals surface area contributed by atoms with E-state index in [1.54, 1.807) is 26.4 Å². The molecule has 100 valence electrons. The molecule has 0 unspecified atom stereocenters. The summed E-state index contributed by atoms with van der Waals surface area (Å²) in [6.45, 7) is 0. The van der Waals surface area contributed by atoms with Gasteiger partial charge in [0.05, 0.1) is 14.2 Å². The van der Waals surface area contributed by atoms with E-state index in [2.05, 4.69) is 12.1 Å². The number of hydrogen-bond donors (Lipinski definition) is 1. The van der Waals surface area contributed by atoms with Crippen molar-refractivity contribution in [1.82, 2.24) is 0 Å². The van der Waals surface area contributed by atoms with Crippen molar-refractivity contribution in [2.45, 2.75) is 12.8 Å². The number of phenols is 1. The molecule has 0 radical (unpaired) electrons. The van der Waals surface area contributed by atoms with Crippen LogP contribution in [0.4, 0.5) is 0 Å². The second kappa shape index (κ2) is 6.14. The van der Waals surface area contributed by atoms with Crippen molar-refractivity contribution in [3.05, 3.63) is 53.6 Å². The predicted octanol–water partition coefficient (Wildman–Crippen LogP) is 3.19. The summed E-state index contributed by atoms with van der Waals surface area (Å²) in [5.41, 5.74) is 2.34. The van der Waals surface area contributed by atoms with E-state index in [0.29, 0.717) is 5.75 Å². The molecule has 0 aliphatic carbocycles. The Balaban J connectivity index is 1.99. The summed E-state index contributed by atoms with van der Waals surface area (Å²) >= 11 is 0. The Hall–Kier alpha value is -2.16. The molecule has 3 nitrogen and oxygen atoms in total. The van der Waals surface area contributed by atoms with E-state index in [0.717, 1.165) is 24.2 Å². The van der Waals surface area contributed by atoms with Crippen LogP contribution in [0, 0.1) is 0 Å². The van der Waals surface area contributed by atoms with Crippen LogP contribution < -0.4 is 9.47 Å². The van der Waals surface area contributed by atoms with Crippen LogP contribution in [0.5, 0.6) is 17.2 Å². The van der Waals surface area contributed by atoms with Crippen LogP contribution in [-0.4, -0.2) is 19.3 Å². The molecular formula is C16H18O3. The zero-order valence-corrected chi connectivity index (χ0v) is 11.2. The first kappa shape index (κ1) is 13.3. The van der Waals surface area contributed by atoms with Gasteiger partial charge in [-0.05, 0) is 48.2 Å². The van der Waals surface area contributed by atoms with Gasteiger partial charge in [0, 0.05) is 0 Å². The number of benzene rings is 2. The highest BCUT2D eigenvalue weighted by Crippen LogP contribution is 2.26.